The number of carbonyl (C=O) groups excluding carboxylic acids is 2. The molecule has 0 radical (unpaired) electrons. The summed E-state index contributed by atoms with van der Waals surface area (Å²) in [6, 6.07) is 3.76. The fourth-order valence-electron chi connectivity index (χ4n) is 3.75. The van der Waals surface area contributed by atoms with E-state index in [0.29, 0.717) is 25.9 Å². The fourth-order valence-corrected chi connectivity index (χ4v) is 3.75. The van der Waals surface area contributed by atoms with Gasteiger partial charge in [0, 0.05) is 26.2 Å². The summed E-state index contributed by atoms with van der Waals surface area (Å²) < 4.78 is 19.2. The molecule has 0 bridgehead atoms. The van der Waals surface area contributed by atoms with Gasteiger partial charge < -0.3 is 25.8 Å². The molecule has 2 heterocycles. The second kappa shape index (κ2) is 7.59. The lowest BCUT2D eigenvalue weighted by atomic mass is 9.71. The Balaban J connectivity index is 1.86. The molecule has 8 heteroatoms. The zero-order valence-electron chi connectivity index (χ0n) is 14.5. The van der Waals surface area contributed by atoms with Crippen LogP contribution in [0.5, 0.6) is 5.75 Å². The second-order valence-electron chi connectivity index (χ2n) is 6.82. The number of amides is 2. The molecule has 0 unspecified atom stereocenters. The average molecular weight is 365 g/mol. The number of ether oxygens (including phenoxy) is 1. The highest BCUT2D eigenvalue weighted by Gasteiger charge is 2.50. The van der Waals surface area contributed by atoms with Crippen LogP contribution in [0.3, 0.4) is 0 Å². The Kier molecular flexibility index (Phi) is 5.43. The number of piperidine rings is 2. The van der Waals surface area contributed by atoms with Gasteiger partial charge in [0.25, 0.3) is 5.91 Å². The maximum atomic E-state index is 13.7. The van der Waals surface area contributed by atoms with Gasteiger partial charge in [-0.05, 0) is 37.5 Å². The lowest BCUT2D eigenvalue weighted by molar-refractivity contribution is -0.147. The van der Waals surface area contributed by atoms with Crippen LogP contribution in [-0.2, 0) is 4.79 Å². The minimum atomic E-state index is -1.00. The van der Waals surface area contributed by atoms with Crippen LogP contribution < -0.4 is 15.8 Å². The Labute approximate surface area is 151 Å². The van der Waals surface area contributed by atoms with E-state index < -0.39 is 23.2 Å². The van der Waals surface area contributed by atoms with Crippen molar-refractivity contribution in [2.24, 2.45) is 11.1 Å². The van der Waals surface area contributed by atoms with Crippen LogP contribution >= 0.6 is 0 Å². The summed E-state index contributed by atoms with van der Waals surface area (Å²) in [6.07, 6.45) is 0.763. The van der Waals surface area contributed by atoms with Crippen LogP contribution in [0.2, 0.25) is 0 Å². The third-order valence-electron chi connectivity index (χ3n) is 5.16. The van der Waals surface area contributed by atoms with Crippen LogP contribution in [0.4, 0.5) is 4.39 Å². The molecule has 26 heavy (non-hydrogen) atoms. The summed E-state index contributed by atoms with van der Waals surface area (Å²) in [5.74, 6) is -0.931. The molecular formula is C18H24FN3O4. The zero-order valence-corrected chi connectivity index (χ0v) is 14.5. The number of nitrogens with zero attached hydrogens (tertiary/aromatic N) is 1. The van der Waals surface area contributed by atoms with E-state index in [1.165, 1.54) is 17.0 Å². The molecule has 2 saturated heterocycles. The molecule has 2 fully saturated rings. The second-order valence-corrected chi connectivity index (χ2v) is 6.82. The highest BCUT2D eigenvalue weighted by Crippen LogP contribution is 2.38. The van der Waals surface area contributed by atoms with Crippen LogP contribution in [-0.4, -0.2) is 60.7 Å². The number of hydrogen-bond acceptors (Lipinski definition) is 5. The van der Waals surface area contributed by atoms with Crippen molar-refractivity contribution < 1.29 is 23.8 Å². The Bertz CT molecular complexity index is 699. The van der Waals surface area contributed by atoms with Gasteiger partial charge in [-0.25, -0.2) is 4.39 Å². The number of aliphatic hydroxyl groups excluding tert-OH is 1. The molecule has 0 aliphatic carbocycles. The number of nitrogens with one attached hydrogen (secondary N) is 1. The summed E-state index contributed by atoms with van der Waals surface area (Å²) in [7, 11) is 0. The standard InChI is InChI=1S/C18H24FN3O4/c19-12-2-3-14(26-9-6-20)13(10-12)16(24)22-8-4-15(23)18(11-22)5-1-7-21-17(18)25/h2-3,10,15,23H,1,4-9,11,20H2,(H,21,25)/t15-,18+/m0/s1. The first-order valence-corrected chi connectivity index (χ1v) is 8.86. The van der Waals surface area contributed by atoms with Gasteiger partial charge in [-0.1, -0.05) is 0 Å². The van der Waals surface area contributed by atoms with Crippen LogP contribution in [0.1, 0.15) is 29.6 Å². The molecule has 2 aliphatic heterocycles. The number of likely N-dealkylation sites (tertiary alicyclic amines) is 1. The summed E-state index contributed by atoms with van der Waals surface area (Å²) >= 11 is 0. The molecule has 7 nitrogen and oxygen atoms in total. The maximum absolute atomic E-state index is 13.7. The number of rotatable bonds is 4. The quantitative estimate of drug-likeness (QED) is 0.710. The van der Waals surface area contributed by atoms with Gasteiger partial charge in [0.2, 0.25) is 5.91 Å². The number of aliphatic hydroxyl groups is 1. The number of halogens is 1. The van der Waals surface area contributed by atoms with E-state index >= 15 is 0 Å². The molecule has 0 aromatic heterocycles. The third-order valence-corrected chi connectivity index (χ3v) is 5.16. The van der Waals surface area contributed by atoms with E-state index in [2.05, 4.69) is 5.32 Å². The summed E-state index contributed by atoms with van der Waals surface area (Å²) in [5.41, 5.74) is 4.53. The smallest absolute Gasteiger partial charge is 0.257 e. The van der Waals surface area contributed by atoms with E-state index in [1.807, 2.05) is 0 Å². The maximum Gasteiger partial charge on any atom is 0.257 e. The van der Waals surface area contributed by atoms with E-state index in [4.69, 9.17) is 10.5 Å². The van der Waals surface area contributed by atoms with Crippen LogP contribution in [0.25, 0.3) is 0 Å². The molecule has 4 N–H and O–H groups in total. The fraction of sp³-hybridized carbons (Fsp3) is 0.556. The van der Waals surface area contributed by atoms with Crippen molar-refractivity contribution >= 4 is 11.8 Å². The van der Waals surface area contributed by atoms with E-state index in [1.54, 1.807) is 0 Å². The van der Waals surface area contributed by atoms with Crippen molar-refractivity contribution in [2.45, 2.75) is 25.4 Å². The highest BCUT2D eigenvalue weighted by molar-refractivity contribution is 5.97. The van der Waals surface area contributed by atoms with E-state index in [9.17, 15) is 19.1 Å². The predicted molar refractivity (Wildman–Crippen MR) is 92.2 cm³/mol. The molecule has 142 valence electrons. The lowest BCUT2D eigenvalue weighted by Crippen LogP contribution is -2.62. The number of hydrogen-bond donors (Lipinski definition) is 3. The third kappa shape index (κ3) is 3.39. The van der Waals surface area contributed by atoms with Crippen molar-refractivity contribution in [3.8, 4) is 5.75 Å². The number of carbonyl (C=O) groups is 2. The van der Waals surface area contributed by atoms with Crippen LogP contribution in [0.15, 0.2) is 18.2 Å². The molecule has 2 aliphatic rings. The van der Waals surface area contributed by atoms with Gasteiger partial charge in [-0.15, -0.1) is 0 Å². The van der Waals surface area contributed by atoms with Gasteiger partial charge in [-0.2, -0.15) is 0 Å². The van der Waals surface area contributed by atoms with Crippen molar-refractivity contribution in [2.75, 3.05) is 32.8 Å². The van der Waals surface area contributed by atoms with Gasteiger partial charge in [0.15, 0.2) is 0 Å². The Morgan fingerprint density at radius 1 is 1.50 bits per heavy atom. The zero-order chi connectivity index (χ0) is 18.7. The van der Waals surface area contributed by atoms with E-state index in [-0.39, 0.29) is 36.9 Å². The van der Waals surface area contributed by atoms with Crippen molar-refractivity contribution in [1.82, 2.24) is 10.2 Å². The van der Waals surface area contributed by atoms with Crippen molar-refractivity contribution in [1.29, 1.82) is 0 Å². The van der Waals surface area contributed by atoms with Crippen molar-refractivity contribution in [3.63, 3.8) is 0 Å². The SMILES string of the molecule is NCCOc1ccc(F)cc1C(=O)N1CC[C@H](O)[C@@]2(CCCNC2=O)C1. The molecule has 1 aromatic carbocycles. The molecular weight excluding hydrogens is 341 g/mol. The molecule has 1 spiro atoms. The molecule has 0 saturated carbocycles. The van der Waals surface area contributed by atoms with Gasteiger partial charge >= 0.3 is 0 Å². The van der Waals surface area contributed by atoms with Gasteiger partial charge in [0.05, 0.1) is 17.1 Å². The lowest BCUT2D eigenvalue weighted by Gasteiger charge is -2.46. The molecule has 3 rings (SSSR count). The van der Waals surface area contributed by atoms with Crippen LogP contribution in [0, 0.1) is 11.2 Å². The predicted octanol–water partition coefficient (Wildman–Crippen LogP) is 0.266. The number of nitrogens with two attached hydrogens (primary N) is 1. The average Bonchev–Trinajstić information content (AvgIpc) is 2.64. The summed E-state index contributed by atoms with van der Waals surface area (Å²) in [5, 5.41) is 13.2. The van der Waals surface area contributed by atoms with Gasteiger partial charge in [0.1, 0.15) is 18.2 Å². The summed E-state index contributed by atoms with van der Waals surface area (Å²) in [6.45, 7) is 1.44. The monoisotopic (exact) mass is 365 g/mol. The topological polar surface area (TPSA) is 105 Å². The first-order chi connectivity index (χ1) is 12.5. The Morgan fingerprint density at radius 2 is 2.31 bits per heavy atom. The molecule has 2 amide bonds. The molecule has 1 aromatic rings. The Hall–Kier alpha value is -2.19. The summed E-state index contributed by atoms with van der Waals surface area (Å²) in [4.78, 5) is 27.0. The minimum Gasteiger partial charge on any atom is -0.491 e. The molecule has 2 atom stereocenters. The normalized spacial score (nSPS) is 25.9. The number of benzene rings is 1. The largest absolute Gasteiger partial charge is 0.491 e. The Morgan fingerprint density at radius 3 is 3.04 bits per heavy atom. The van der Waals surface area contributed by atoms with Crippen molar-refractivity contribution in [3.05, 3.63) is 29.6 Å². The highest BCUT2D eigenvalue weighted by atomic mass is 19.1. The first kappa shape index (κ1) is 18.6. The van der Waals surface area contributed by atoms with Gasteiger partial charge in [-0.3, -0.25) is 9.59 Å². The first-order valence-electron chi connectivity index (χ1n) is 8.86. The minimum absolute atomic E-state index is 0.0983. The van der Waals surface area contributed by atoms with E-state index in [0.717, 1.165) is 12.5 Å².